The minimum atomic E-state index is -0.685. The minimum Gasteiger partial charge on any atom is -0.458 e. The van der Waals surface area contributed by atoms with Gasteiger partial charge in [-0.25, -0.2) is 9.67 Å². The molecular formula is C33H39N7O4. The summed E-state index contributed by atoms with van der Waals surface area (Å²) in [4.78, 5) is 19.6. The van der Waals surface area contributed by atoms with E-state index in [1.807, 2.05) is 93.3 Å². The Bertz CT molecular complexity index is 1730. The summed E-state index contributed by atoms with van der Waals surface area (Å²) in [6.45, 7) is 10.9. The molecule has 1 atom stereocenters. The van der Waals surface area contributed by atoms with Gasteiger partial charge in [-0.15, -0.1) is 0 Å². The summed E-state index contributed by atoms with van der Waals surface area (Å²) in [5.41, 5.74) is 10.4. The molecule has 0 bridgehead atoms. The Labute approximate surface area is 256 Å². The van der Waals surface area contributed by atoms with Crippen LogP contribution in [0, 0.1) is 5.92 Å². The highest BCUT2D eigenvalue weighted by Gasteiger charge is 2.28. The largest absolute Gasteiger partial charge is 0.458 e. The van der Waals surface area contributed by atoms with Crippen molar-refractivity contribution in [2.75, 3.05) is 31.2 Å². The second kappa shape index (κ2) is 12.3. The van der Waals surface area contributed by atoms with Crippen LogP contribution >= 0.6 is 0 Å². The summed E-state index contributed by atoms with van der Waals surface area (Å²) in [6, 6.07) is 15.4. The van der Waals surface area contributed by atoms with Gasteiger partial charge in [0.2, 0.25) is 0 Å². The summed E-state index contributed by atoms with van der Waals surface area (Å²) in [5, 5.41) is 9.36. The van der Waals surface area contributed by atoms with Gasteiger partial charge in [0.15, 0.2) is 11.4 Å². The summed E-state index contributed by atoms with van der Waals surface area (Å²) >= 11 is 0. The number of hydrogen-bond donors (Lipinski definition) is 1. The van der Waals surface area contributed by atoms with Crippen LogP contribution in [0.2, 0.25) is 0 Å². The average molecular weight is 598 g/mol. The van der Waals surface area contributed by atoms with Gasteiger partial charge in [0, 0.05) is 56.1 Å². The van der Waals surface area contributed by atoms with E-state index in [0.29, 0.717) is 43.3 Å². The van der Waals surface area contributed by atoms with Crippen molar-refractivity contribution in [2.24, 2.45) is 11.7 Å². The molecule has 0 saturated carbocycles. The van der Waals surface area contributed by atoms with E-state index in [2.05, 4.69) is 10.00 Å². The van der Waals surface area contributed by atoms with Crippen molar-refractivity contribution in [3.05, 3.63) is 67.1 Å². The Morgan fingerprint density at radius 1 is 1.09 bits per heavy atom. The number of carbonyl (C=O) groups is 1. The van der Waals surface area contributed by atoms with Gasteiger partial charge in [0.05, 0.1) is 36.4 Å². The number of pyridine rings is 1. The van der Waals surface area contributed by atoms with Crippen molar-refractivity contribution in [2.45, 2.75) is 52.3 Å². The lowest BCUT2D eigenvalue weighted by Crippen LogP contribution is -2.42. The molecule has 0 radical (unpaired) electrons. The number of carbonyl (C=O) groups excluding carboxylic acids is 1. The highest BCUT2D eigenvalue weighted by atomic mass is 16.6. The molecular weight excluding hydrogens is 558 g/mol. The van der Waals surface area contributed by atoms with Crippen LogP contribution < -0.4 is 10.6 Å². The summed E-state index contributed by atoms with van der Waals surface area (Å²) < 4.78 is 21.4. The molecule has 0 amide bonds. The second-order valence-corrected chi connectivity index (χ2v) is 12.1. The number of nitrogens with zero attached hydrogens (tertiary/aromatic N) is 6. The first-order chi connectivity index (χ1) is 21.2. The first-order valence-electron chi connectivity index (χ1n) is 15.1. The number of benzene rings is 1. The molecule has 11 nitrogen and oxygen atoms in total. The number of morpholine rings is 1. The van der Waals surface area contributed by atoms with Gasteiger partial charge in [-0.05, 0) is 25.8 Å². The van der Waals surface area contributed by atoms with Gasteiger partial charge >= 0.3 is 5.97 Å². The number of nitrogens with two attached hydrogens (primary N) is 1. The lowest BCUT2D eigenvalue weighted by Gasteiger charge is -2.28. The van der Waals surface area contributed by atoms with Crippen LogP contribution in [0.5, 0.6) is 0 Å². The number of esters is 1. The van der Waals surface area contributed by atoms with Gasteiger partial charge in [-0.1, -0.05) is 44.2 Å². The quantitative estimate of drug-likeness (QED) is 0.219. The second-order valence-electron chi connectivity index (χ2n) is 12.1. The maximum atomic E-state index is 12.4. The zero-order valence-electron chi connectivity index (χ0n) is 25.6. The highest BCUT2D eigenvalue weighted by molar-refractivity contribution is 5.91. The fraction of sp³-hybridized carbons (Fsp3) is 0.394. The third-order valence-electron chi connectivity index (χ3n) is 7.92. The van der Waals surface area contributed by atoms with E-state index in [-0.39, 0.29) is 11.9 Å². The zero-order chi connectivity index (χ0) is 30.8. The minimum absolute atomic E-state index is 0.0106. The Balaban J connectivity index is 1.26. The molecule has 1 aliphatic heterocycles. The van der Waals surface area contributed by atoms with E-state index in [9.17, 15) is 4.79 Å². The van der Waals surface area contributed by atoms with E-state index in [4.69, 9.17) is 29.7 Å². The number of hydrogen-bond acceptors (Lipinski definition) is 9. The highest BCUT2D eigenvalue weighted by Crippen LogP contribution is 2.35. The van der Waals surface area contributed by atoms with E-state index >= 15 is 0 Å². The van der Waals surface area contributed by atoms with E-state index < -0.39 is 11.6 Å². The summed E-state index contributed by atoms with van der Waals surface area (Å²) in [5.74, 6) is 1.00. The Morgan fingerprint density at radius 2 is 1.86 bits per heavy atom. The predicted octanol–water partition coefficient (Wildman–Crippen LogP) is 5.08. The van der Waals surface area contributed by atoms with Crippen molar-refractivity contribution in [3.8, 4) is 28.4 Å². The van der Waals surface area contributed by atoms with E-state index in [0.717, 1.165) is 41.1 Å². The predicted molar refractivity (Wildman–Crippen MR) is 168 cm³/mol. The van der Waals surface area contributed by atoms with E-state index in [1.165, 1.54) is 0 Å². The van der Waals surface area contributed by atoms with Gasteiger partial charge < -0.3 is 24.5 Å². The molecule has 230 valence electrons. The standard InChI is InChI=1S/C33H39N7O4/c1-22(2)30(34)32(41)44-33(3,4)11-13-39-21-24(20-35-39)28-18-26-31(43-28)27(38-14-16-42-17-15-38)19-29(36-26)40-12-10-25(37-40)23-8-6-5-7-9-23/h5-10,12,18-22,30H,11,13-17,34H2,1-4H3/t30-/m0/s1. The van der Waals surface area contributed by atoms with Gasteiger partial charge in [-0.3, -0.25) is 9.48 Å². The van der Waals surface area contributed by atoms with Crippen LogP contribution in [-0.2, 0) is 20.8 Å². The molecule has 4 aromatic heterocycles. The number of aryl methyl sites for hydroxylation is 1. The molecule has 0 aliphatic carbocycles. The van der Waals surface area contributed by atoms with Crippen LogP contribution in [0.4, 0.5) is 5.69 Å². The first-order valence-corrected chi connectivity index (χ1v) is 15.1. The fourth-order valence-electron chi connectivity index (χ4n) is 5.17. The van der Waals surface area contributed by atoms with Crippen molar-refractivity contribution >= 4 is 22.8 Å². The molecule has 0 unspecified atom stereocenters. The van der Waals surface area contributed by atoms with Crippen molar-refractivity contribution in [1.82, 2.24) is 24.5 Å². The maximum Gasteiger partial charge on any atom is 0.323 e. The Hall–Kier alpha value is -4.48. The SMILES string of the molecule is CC(C)[C@H](N)C(=O)OC(C)(C)CCn1cc(-c2cc3nc(-n4ccc(-c5ccccc5)n4)cc(N4CCOCC4)c3o2)cn1. The number of anilines is 1. The molecule has 1 saturated heterocycles. The molecule has 6 rings (SSSR count). The van der Waals surface area contributed by atoms with Crippen LogP contribution in [0.15, 0.2) is 71.5 Å². The van der Waals surface area contributed by atoms with Crippen molar-refractivity contribution < 1.29 is 18.7 Å². The monoisotopic (exact) mass is 597 g/mol. The van der Waals surface area contributed by atoms with Gasteiger partial charge in [0.25, 0.3) is 0 Å². The number of rotatable bonds is 10. The molecule has 5 heterocycles. The molecule has 1 aliphatic rings. The number of ether oxygens (including phenoxy) is 2. The maximum absolute atomic E-state index is 12.4. The average Bonchev–Trinajstić information content (AvgIpc) is 3.79. The Morgan fingerprint density at radius 3 is 2.61 bits per heavy atom. The van der Waals surface area contributed by atoms with Gasteiger partial charge in [0.1, 0.15) is 22.9 Å². The third kappa shape index (κ3) is 6.39. The molecule has 5 aromatic rings. The van der Waals surface area contributed by atoms with Crippen LogP contribution in [-0.4, -0.2) is 68.5 Å². The smallest absolute Gasteiger partial charge is 0.323 e. The summed E-state index contributed by atoms with van der Waals surface area (Å²) in [6.07, 6.45) is 6.22. The topological polar surface area (TPSA) is 126 Å². The number of aromatic nitrogens is 5. The lowest BCUT2D eigenvalue weighted by atomic mass is 10.0. The number of fused-ring (bicyclic) bond motifs is 1. The van der Waals surface area contributed by atoms with Gasteiger partial charge in [-0.2, -0.15) is 10.2 Å². The fourth-order valence-corrected chi connectivity index (χ4v) is 5.17. The third-order valence-corrected chi connectivity index (χ3v) is 7.92. The molecule has 44 heavy (non-hydrogen) atoms. The molecule has 1 aromatic carbocycles. The normalized spacial score (nSPS) is 14.8. The number of furan rings is 1. The van der Waals surface area contributed by atoms with Crippen LogP contribution in [0.1, 0.15) is 34.1 Å². The lowest BCUT2D eigenvalue weighted by molar-refractivity contribution is -0.160. The molecule has 0 spiro atoms. The molecule has 1 fully saturated rings. The van der Waals surface area contributed by atoms with Crippen molar-refractivity contribution in [1.29, 1.82) is 0 Å². The van der Waals surface area contributed by atoms with Crippen LogP contribution in [0.25, 0.3) is 39.5 Å². The molecule has 11 heteroatoms. The summed E-state index contributed by atoms with van der Waals surface area (Å²) in [7, 11) is 0. The Kier molecular flexibility index (Phi) is 8.24. The van der Waals surface area contributed by atoms with Crippen LogP contribution in [0.3, 0.4) is 0 Å². The molecule has 2 N–H and O–H groups in total. The first kappa shape index (κ1) is 29.6. The van der Waals surface area contributed by atoms with E-state index in [1.54, 1.807) is 10.9 Å². The zero-order valence-corrected chi connectivity index (χ0v) is 25.6. The van der Waals surface area contributed by atoms with Crippen molar-refractivity contribution in [3.63, 3.8) is 0 Å².